The highest BCUT2D eigenvalue weighted by molar-refractivity contribution is 5.89. The number of rotatable bonds is 2. The highest BCUT2D eigenvalue weighted by Gasteiger charge is 2.23. The standard InChI is InChI=1S/C15H20N4/c1-18(2)12-6-5-9-19(10-12)15-13-7-3-4-8-14(13)16-11-17-15/h3-4,7-8,11-12H,5-6,9-10H2,1-2H3. The number of aromatic nitrogens is 2. The third kappa shape index (κ3) is 2.40. The molecule has 3 rings (SSSR count). The van der Waals surface area contributed by atoms with E-state index in [0.717, 1.165) is 29.8 Å². The van der Waals surface area contributed by atoms with Gasteiger partial charge in [0.05, 0.1) is 5.52 Å². The van der Waals surface area contributed by atoms with Crippen LogP contribution in [0.3, 0.4) is 0 Å². The van der Waals surface area contributed by atoms with Crippen LogP contribution < -0.4 is 4.90 Å². The second-order valence-corrected chi connectivity index (χ2v) is 5.42. The van der Waals surface area contributed by atoms with Crippen molar-refractivity contribution in [3.63, 3.8) is 0 Å². The number of para-hydroxylation sites is 1. The SMILES string of the molecule is CN(C)C1CCCN(c2ncnc3ccccc23)C1. The normalized spacial score (nSPS) is 20.2. The number of benzene rings is 1. The Balaban J connectivity index is 1.95. The molecule has 0 aliphatic carbocycles. The van der Waals surface area contributed by atoms with Crippen LogP contribution in [0.15, 0.2) is 30.6 Å². The van der Waals surface area contributed by atoms with Gasteiger partial charge >= 0.3 is 0 Å². The fourth-order valence-corrected chi connectivity index (χ4v) is 2.81. The average Bonchev–Trinajstić information content (AvgIpc) is 2.47. The molecule has 1 aliphatic rings. The van der Waals surface area contributed by atoms with Crippen molar-refractivity contribution in [3.05, 3.63) is 30.6 Å². The second kappa shape index (κ2) is 5.13. The lowest BCUT2D eigenvalue weighted by Gasteiger charge is -2.37. The summed E-state index contributed by atoms with van der Waals surface area (Å²) in [4.78, 5) is 13.6. The van der Waals surface area contributed by atoms with Crippen LogP contribution in [0, 0.1) is 0 Å². The number of fused-ring (bicyclic) bond motifs is 1. The molecule has 0 bridgehead atoms. The molecule has 100 valence electrons. The van der Waals surface area contributed by atoms with Gasteiger partial charge in [0.15, 0.2) is 0 Å². The number of anilines is 1. The Hall–Kier alpha value is -1.68. The third-order valence-electron chi connectivity index (χ3n) is 3.95. The van der Waals surface area contributed by atoms with Crippen LogP contribution in [0.2, 0.25) is 0 Å². The zero-order valence-electron chi connectivity index (χ0n) is 11.6. The van der Waals surface area contributed by atoms with E-state index >= 15 is 0 Å². The Morgan fingerprint density at radius 3 is 2.89 bits per heavy atom. The van der Waals surface area contributed by atoms with Gasteiger partial charge in [-0.15, -0.1) is 0 Å². The predicted octanol–water partition coefficient (Wildman–Crippen LogP) is 2.16. The molecule has 1 unspecified atom stereocenters. The second-order valence-electron chi connectivity index (χ2n) is 5.42. The van der Waals surface area contributed by atoms with E-state index in [1.165, 1.54) is 12.8 Å². The number of nitrogens with zero attached hydrogens (tertiary/aromatic N) is 4. The van der Waals surface area contributed by atoms with E-state index in [1.807, 2.05) is 12.1 Å². The van der Waals surface area contributed by atoms with Gasteiger partial charge in [0.25, 0.3) is 0 Å². The first-order chi connectivity index (χ1) is 9.25. The van der Waals surface area contributed by atoms with Crippen LogP contribution in [-0.4, -0.2) is 48.1 Å². The fourth-order valence-electron chi connectivity index (χ4n) is 2.81. The first-order valence-electron chi connectivity index (χ1n) is 6.87. The van der Waals surface area contributed by atoms with Crippen molar-refractivity contribution >= 4 is 16.7 Å². The third-order valence-corrected chi connectivity index (χ3v) is 3.95. The van der Waals surface area contributed by atoms with E-state index in [2.05, 4.69) is 46.0 Å². The number of piperidine rings is 1. The molecular formula is C15H20N4. The fraction of sp³-hybridized carbons (Fsp3) is 0.467. The smallest absolute Gasteiger partial charge is 0.139 e. The predicted molar refractivity (Wildman–Crippen MR) is 78.5 cm³/mol. The van der Waals surface area contributed by atoms with Gasteiger partial charge in [-0.05, 0) is 39.1 Å². The van der Waals surface area contributed by atoms with Gasteiger partial charge < -0.3 is 9.80 Å². The van der Waals surface area contributed by atoms with Crippen LogP contribution in [-0.2, 0) is 0 Å². The zero-order chi connectivity index (χ0) is 13.2. The summed E-state index contributed by atoms with van der Waals surface area (Å²) in [6, 6.07) is 8.86. The summed E-state index contributed by atoms with van der Waals surface area (Å²) in [7, 11) is 4.32. The highest BCUT2D eigenvalue weighted by Crippen LogP contribution is 2.26. The summed E-state index contributed by atoms with van der Waals surface area (Å²) in [6.07, 6.45) is 4.17. The van der Waals surface area contributed by atoms with Crippen LogP contribution in [0.25, 0.3) is 10.9 Å². The Morgan fingerprint density at radius 1 is 1.21 bits per heavy atom. The molecule has 0 saturated carbocycles. The first-order valence-corrected chi connectivity index (χ1v) is 6.87. The molecule has 0 spiro atoms. The van der Waals surface area contributed by atoms with E-state index in [9.17, 15) is 0 Å². The summed E-state index contributed by atoms with van der Waals surface area (Å²) in [5.74, 6) is 1.08. The summed E-state index contributed by atoms with van der Waals surface area (Å²) in [6.45, 7) is 2.14. The van der Waals surface area contributed by atoms with Crippen molar-refractivity contribution in [2.75, 3.05) is 32.1 Å². The molecule has 1 fully saturated rings. The van der Waals surface area contributed by atoms with Gasteiger partial charge in [0.2, 0.25) is 0 Å². The van der Waals surface area contributed by atoms with E-state index in [0.29, 0.717) is 6.04 Å². The molecule has 4 heteroatoms. The molecular weight excluding hydrogens is 236 g/mol. The van der Waals surface area contributed by atoms with Crippen molar-refractivity contribution in [1.29, 1.82) is 0 Å². The molecule has 4 nitrogen and oxygen atoms in total. The first kappa shape index (κ1) is 12.4. The maximum absolute atomic E-state index is 4.52. The number of hydrogen-bond acceptors (Lipinski definition) is 4. The maximum atomic E-state index is 4.52. The van der Waals surface area contributed by atoms with Crippen molar-refractivity contribution in [3.8, 4) is 0 Å². The summed E-state index contributed by atoms with van der Waals surface area (Å²) in [5, 5.41) is 1.16. The number of likely N-dealkylation sites (N-methyl/N-ethyl adjacent to an activating group) is 1. The quantitative estimate of drug-likeness (QED) is 0.824. The van der Waals surface area contributed by atoms with E-state index < -0.39 is 0 Å². The molecule has 1 aromatic heterocycles. The Bertz CT molecular complexity index is 562. The van der Waals surface area contributed by atoms with Gasteiger partial charge in [0, 0.05) is 24.5 Å². The van der Waals surface area contributed by atoms with Gasteiger partial charge in [-0.3, -0.25) is 0 Å². The Kier molecular flexibility index (Phi) is 3.34. The van der Waals surface area contributed by atoms with Crippen molar-refractivity contribution < 1.29 is 0 Å². The molecule has 2 heterocycles. The van der Waals surface area contributed by atoms with Crippen LogP contribution >= 0.6 is 0 Å². The molecule has 0 amide bonds. The molecule has 19 heavy (non-hydrogen) atoms. The summed E-state index contributed by atoms with van der Waals surface area (Å²) >= 11 is 0. The highest BCUT2D eigenvalue weighted by atomic mass is 15.2. The molecule has 1 aromatic carbocycles. The van der Waals surface area contributed by atoms with Crippen LogP contribution in [0.5, 0.6) is 0 Å². The van der Waals surface area contributed by atoms with Crippen LogP contribution in [0.1, 0.15) is 12.8 Å². The molecule has 0 radical (unpaired) electrons. The zero-order valence-corrected chi connectivity index (χ0v) is 11.6. The monoisotopic (exact) mass is 256 g/mol. The summed E-state index contributed by atoms with van der Waals surface area (Å²) in [5.41, 5.74) is 1.03. The van der Waals surface area contributed by atoms with E-state index in [4.69, 9.17) is 0 Å². The van der Waals surface area contributed by atoms with Gasteiger partial charge in [-0.25, -0.2) is 9.97 Å². The molecule has 1 aliphatic heterocycles. The van der Waals surface area contributed by atoms with Crippen molar-refractivity contribution in [2.24, 2.45) is 0 Å². The molecule has 1 saturated heterocycles. The minimum absolute atomic E-state index is 0.613. The Labute approximate surface area is 114 Å². The van der Waals surface area contributed by atoms with E-state index in [1.54, 1.807) is 6.33 Å². The van der Waals surface area contributed by atoms with Gasteiger partial charge in [-0.1, -0.05) is 12.1 Å². The van der Waals surface area contributed by atoms with Gasteiger partial charge in [0.1, 0.15) is 12.1 Å². The lowest BCUT2D eigenvalue weighted by molar-refractivity contribution is 0.257. The average molecular weight is 256 g/mol. The lowest BCUT2D eigenvalue weighted by Crippen LogP contribution is -2.45. The Morgan fingerprint density at radius 2 is 2.05 bits per heavy atom. The topological polar surface area (TPSA) is 32.3 Å². The van der Waals surface area contributed by atoms with Crippen LogP contribution in [0.4, 0.5) is 5.82 Å². The summed E-state index contributed by atoms with van der Waals surface area (Å²) < 4.78 is 0. The number of hydrogen-bond donors (Lipinski definition) is 0. The van der Waals surface area contributed by atoms with Crippen molar-refractivity contribution in [1.82, 2.24) is 14.9 Å². The largest absolute Gasteiger partial charge is 0.354 e. The lowest BCUT2D eigenvalue weighted by atomic mass is 10.0. The van der Waals surface area contributed by atoms with Gasteiger partial charge in [-0.2, -0.15) is 0 Å². The maximum Gasteiger partial charge on any atom is 0.139 e. The minimum Gasteiger partial charge on any atom is -0.354 e. The van der Waals surface area contributed by atoms with E-state index in [-0.39, 0.29) is 0 Å². The van der Waals surface area contributed by atoms with Crippen molar-refractivity contribution in [2.45, 2.75) is 18.9 Å². The molecule has 1 atom stereocenters. The molecule has 0 N–H and O–H groups in total. The minimum atomic E-state index is 0.613. The molecule has 2 aromatic rings.